The Balaban J connectivity index is 1.30. The summed E-state index contributed by atoms with van der Waals surface area (Å²) in [7, 11) is 0. The van der Waals surface area contributed by atoms with Crippen molar-refractivity contribution >= 4 is 17.1 Å². The number of allylic oxidation sites excluding steroid dienone is 6. The van der Waals surface area contributed by atoms with Crippen molar-refractivity contribution in [2.45, 2.75) is 71.6 Å². The largest absolute Gasteiger partial charge is 0.493 e. The lowest BCUT2D eigenvalue weighted by Crippen LogP contribution is -2.27. The van der Waals surface area contributed by atoms with E-state index in [2.05, 4.69) is 106 Å². The fourth-order valence-corrected chi connectivity index (χ4v) is 6.68. The molecule has 4 aliphatic rings. The normalized spacial score (nSPS) is 20.9. The van der Waals surface area contributed by atoms with E-state index in [-0.39, 0.29) is 10.8 Å². The number of rotatable bonds is 7. The highest BCUT2D eigenvalue weighted by molar-refractivity contribution is 6.03. The number of anilines is 1. The minimum atomic E-state index is -0.121. The van der Waals surface area contributed by atoms with Crippen LogP contribution in [0.25, 0.3) is 0 Å². The highest BCUT2D eigenvalue weighted by Crippen LogP contribution is 2.51. The van der Waals surface area contributed by atoms with E-state index in [1.54, 1.807) is 0 Å². The molecular weight excluding hydrogens is 484 g/mol. The van der Waals surface area contributed by atoms with Gasteiger partial charge < -0.3 is 19.1 Å². The van der Waals surface area contributed by atoms with Crippen LogP contribution in [0.5, 0.6) is 17.2 Å². The summed E-state index contributed by atoms with van der Waals surface area (Å²) in [6, 6.07) is 8.98. The SMILES string of the molecule is CCCN1/C(=C/C=C/C=C/C2=[N+](CCC)c3cc4c(cc3C2(C)C)OCO4)C(C)(C)c2cc3c(cc21)CCO3. The number of fused-ring (bicyclic) bond motifs is 4. The third-order valence-electron chi connectivity index (χ3n) is 8.71. The Bertz CT molecular complexity index is 1440. The zero-order valence-corrected chi connectivity index (χ0v) is 24.3. The number of hydrogen-bond acceptors (Lipinski definition) is 4. The number of hydrogen-bond donors (Lipinski definition) is 0. The summed E-state index contributed by atoms with van der Waals surface area (Å²) in [6.07, 6.45) is 14.3. The standard InChI is InChI=1S/C34H41N2O3/c1-7-15-35-26-18-23-14-17-37-28(23)19-24(26)33(3,4)31(35)12-10-9-11-13-32-34(5,6)25-20-29-30(39-22-38-29)21-27(25)36(32)16-8-2/h9-13,18-21H,7-8,14-17,22H2,1-6H3/q+1. The maximum atomic E-state index is 5.92. The first kappa shape index (κ1) is 25.8. The fourth-order valence-electron chi connectivity index (χ4n) is 6.68. The third kappa shape index (κ3) is 4.09. The van der Waals surface area contributed by atoms with E-state index in [0.717, 1.165) is 56.2 Å². The molecule has 0 bridgehead atoms. The Kier molecular flexibility index (Phi) is 6.36. The Hall–Kier alpha value is -3.47. The monoisotopic (exact) mass is 525 g/mol. The van der Waals surface area contributed by atoms with E-state index in [4.69, 9.17) is 14.2 Å². The number of nitrogens with zero attached hydrogens (tertiary/aromatic N) is 2. The molecule has 5 heteroatoms. The maximum absolute atomic E-state index is 5.92. The smallest absolute Gasteiger partial charge is 0.231 e. The Morgan fingerprint density at radius 3 is 2.38 bits per heavy atom. The van der Waals surface area contributed by atoms with Crippen molar-refractivity contribution in [1.29, 1.82) is 0 Å². The average Bonchev–Trinajstić information content (AvgIpc) is 3.64. The van der Waals surface area contributed by atoms with E-state index in [1.807, 2.05) is 0 Å². The van der Waals surface area contributed by atoms with Gasteiger partial charge in [0.25, 0.3) is 0 Å². The van der Waals surface area contributed by atoms with Crippen molar-refractivity contribution < 1.29 is 18.8 Å². The molecule has 39 heavy (non-hydrogen) atoms. The second-order valence-corrected chi connectivity index (χ2v) is 12.0. The fraction of sp³-hybridized carbons (Fsp3) is 0.441. The quantitative estimate of drug-likeness (QED) is 0.280. The highest BCUT2D eigenvalue weighted by atomic mass is 16.7. The molecule has 0 aliphatic carbocycles. The summed E-state index contributed by atoms with van der Waals surface area (Å²) in [4.78, 5) is 2.51. The summed E-state index contributed by atoms with van der Waals surface area (Å²) in [5.41, 5.74) is 9.01. The van der Waals surface area contributed by atoms with E-state index in [0.29, 0.717) is 6.79 Å². The lowest BCUT2D eigenvalue weighted by Gasteiger charge is -2.26. The molecule has 4 aliphatic heterocycles. The zero-order valence-electron chi connectivity index (χ0n) is 24.3. The second-order valence-electron chi connectivity index (χ2n) is 12.0. The van der Waals surface area contributed by atoms with Crippen molar-refractivity contribution in [1.82, 2.24) is 0 Å². The first-order valence-corrected chi connectivity index (χ1v) is 14.5. The molecular formula is C34H41N2O3+. The van der Waals surface area contributed by atoms with Gasteiger partial charge in [-0.1, -0.05) is 45.9 Å². The molecule has 0 fully saturated rings. The van der Waals surface area contributed by atoms with Gasteiger partial charge in [0.1, 0.15) is 12.3 Å². The van der Waals surface area contributed by atoms with Gasteiger partial charge in [-0.3, -0.25) is 0 Å². The van der Waals surface area contributed by atoms with Gasteiger partial charge in [-0.25, -0.2) is 0 Å². The molecule has 0 aromatic heterocycles. The van der Waals surface area contributed by atoms with Gasteiger partial charge in [-0.15, -0.1) is 0 Å². The minimum Gasteiger partial charge on any atom is -0.493 e. The topological polar surface area (TPSA) is 33.9 Å². The van der Waals surface area contributed by atoms with Gasteiger partial charge >= 0.3 is 0 Å². The lowest BCUT2D eigenvalue weighted by atomic mass is 9.81. The molecule has 5 nitrogen and oxygen atoms in total. The van der Waals surface area contributed by atoms with E-state index in [9.17, 15) is 0 Å². The van der Waals surface area contributed by atoms with E-state index >= 15 is 0 Å². The lowest BCUT2D eigenvalue weighted by molar-refractivity contribution is -0.437. The van der Waals surface area contributed by atoms with Gasteiger partial charge in [-0.2, -0.15) is 4.58 Å². The van der Waals surface area contributed by atoms with Gasteiger partial charge in [0, 0.05) is 47.8 Å². The Labute approximate surface area is 233 Å². The second kappa shape index (κ2) is 9.62. The summed E-state index contributed by atoms with van der Waals surface area (Å²) >= 11 is 0. The van der Waals surface area contributed by atoms with Crippen LogP contribution in [0.3, 0.4) is 0 Å². The highest BCUT2D eigenvalue weighted by Gasteiger charge is 2.45. The summed E-state index contributed by atoms with van der Waals surface area (Å²) in [6.45, 7) is 16.8. The molecule has 6 rings (SSSR count). The van der Waals surface area contributed by atoms with E-state index < -0.39 is 0 Å². The van der Waals surface area contributed by atoms with Crippen molar-refractivity contribution in [3.8, 4) is 17.2 Å². The molecule has 0 saturated heterocycles. The predicted molar refractivity (Wildman–Crippen MR) is 158 cm³/mol. The van der Waals surface area contributed by atoms with Crippen molar-refractivity contribution in [2.75, 3.05) is 31.4 Å². The van der Waals surface area contributed by atoms with Crippen LogP contribution in [0.2, 0.25) is 0 Å². The van der Waals surface area contributed by atoms with E-state index in [1.165, 1.54) is 39.5 Å². The van der Waals surface area contributed by atoms with Crippen molar-refractivity contribution in [3.63, 3.8) is 0 Å². The van der Waals surface area contributed by atoms with Crippen molar-refractivity contribution in [3.05, 3.63) is 77.0 Å². The number of ether oxygens (including phenoxy) is 3. The Morgan fingerprint density at radius 1 is 0.846 bits per heavy atom. The third-order valence-corrected chi connectivity index (χ3v) is 8.71. The average molecular weight is 526 g/mol. The molecule has 0 N–H and O–H groups in total. The van der Waals surface area contributed by atoms with Crippen LogP contribution in [0.1, 0.15) is 71.1 Å². The first-order chi connectivity index (χ1) is 18.8. The summed E-state index contributed by atoms with van der Waals surface area (Å²) in [5.74, 6) is 2.76. The molecule has 0 radical (unpaired) electrons. The van der Waals surface area contributed by atoms with Gasteiger partial charge in [0.15, 0.2) is 17.2 Å². The van der Waals surface area contributed by atoms with Crippen LogP contribution in [0.4, 0.5) is 11.4 Å². The van der Waals surface area contributed by atoms with Crippen LogP contribution in [-0.2, 0) is 17.3 Å². The summed E-state index contributed by atoms with van der Waals surface area (Å²) < 4.78 is 19.8. The number of benzene rings is 2. The Morgan fingerprint density at radius 2 is 1.62 bits per heavy atom. The van der Waals surface area contributed by atoms with Gasteiger partial charge in [0.05, 0.1) is 18.1 Å². The minimum absolute atomic E-state index is 0.0775. The molecule has 204 valence electrons. The van der Waals surface area contributed by atoms with Crippen LogP contribution in [0.15, 0.2) is 60.3 Å². The van der Waals surface area contributed by atoms with Gasteiger partial charge in [-0.05, 0) is 55.7 Å². The molecule has 2 aromatic rings. The first-order valence-electron chi connectivity index (χ1n) is 14.5. The molecule has 0 spiro atoms. The van der Waals surface area contributed by atoms with Crippen LogP contribution >= 0.6 is 0 Å². The van der Waals surface area contributed by atoms with Crippen LogP contribution in [0, 0.1) is 0 Å². The maximum Gasteiger partial charge on any atom is 0.231 e. The van der Waals surface area contributed by atoms with Gasteiger partial charge in [0.2, 0.25) is 12.5 Å². The van der Waals surface area contributed by atoms with Crippen LogP contribution in [-0.4, -0.2) is 36.8 Å². The zero-order chi connectivity index (χ0) is 27.4. The summed E-state index contributed by atoms with van der Waals surface area (Å²) in [5, 5.41) is 0. The molecule has 4 heterocycles. The van der Waals surface area contributed by atoms with Crippen molar-refractivity contribution in [2.24, 2.45) is 0 Å². The molecule has 0 unspecified atom stereocenters. The van der Waals surface area contributed by atoms with Crippen LogP contribution < -0.4 is 19.1 Å². The predicted octanol–water partition coefficient (Wildman–Crippen LogP) is 7.34. The molecule has 0 amide bonds. The molecule has 0 saturated carbocycles. The molecule has 0 atom stereocenters. The molecule has 2 aromatic carbocycles.